The molecule has 1 aromatic carbocycles. The van der Waals surface area contributed by atoms with Crippen LogP contribution in [0, 0.1) is 0 Å². The Morgan fingerprint density at radius 2 is 2.08 bits per heavy atom. The molecule has 0 saturated carbocycles. The molecule has 4 heterocycles. The van der Waals surface area contributed by atoms with Gasteiger partial charge in [-0.15, -0.1) is 0 Å². The first-order valence-corrected chi connectivity index (χ1v) is 9.15. The topological polar surface area (TPSA) is 58.1 Å². The minimum Gasteiger partial charge on any atom is -0.379 e. The first-order chi connectivity index (χ1) is 12.8. The lowest BCUT2D eigenvalue weighted by Gasteiger charge is -2.26. The fraction of sp³-hybridized carbons (Fsp3) is 0.350. The molecular formula is C20H23N5O. The van der Waals surface area contributed by atoms with Crippen LogP contribution in [0.5, 0.6) is 0 Å². The highest BCUT2D eigenvalue weighted by molar-refractivity contribution is 5.84. The van der Waals surface area contributed by atoms with E-state index in [1.165, 1.54) is 27.9 Å². The molecule has 0 bridgehead atoms. The highest BCUT2D eigenvalue weighted by atomic mass is 16.5. The van der Waals surface area contributed by atoms with Crippen molar-refractivity contribution in [2.24, 2.45) is 7.05 Å². The molecule has 2 N–H and O–H groups in total. The Morgan fingerprint density at radius 1 is 1.19 bits per heavy atom. The first kappa shape index (κ1) is 15.7. The van der Waals surface area contributed by atoms with E-state index in [0.29, 0.717) is 0 Å². The van der Waals surface area contributed by atoms with Gasteiger partial charge in [-0.3, -0.25) is 9.58 Å². The molecular weight excluding hydrogens is 326 g/mol. The van der Waals surface area contributed by atoms with Crippen LogP contribution < -0.4 is 5.32 Å². The van der Waals surface area contributed by atoms with E-state index in [2.05, 4.69) is 50.6 Å². The molecule has 0 spiro atoms. The molecule has 5 rings (SSSR count). The highest BCUT2D eigenvalue weighted by Crippen LogP contribution is 2.38. The van der Waals surface area contributed by atoms with Gasteiger partial charge in [0.1, 0.15) is 5.82 Å². The number of aryl methyl sites for hydroxylation is 1. The Labute approximate surface area is 152 Å². The van der Waals surface area contributed by atoms with E-state index in [0.717, 1.165) is 50.9 Å². The molecule has 0 amide bonds. The fourth-order valence-corrected chi connectivity index (χ4v) is 3.93. The van der Waals surface area contributed by atoms with Crippen LogP contribution in [0.25, 0.3) is 22.5 Å². The number of hydrogen-bond acceptors (Lipinski definition) is 4. The lowest BCUT2D eigenvalue weighted by Crippen LogP contribution is -2.35. The molecule has 1 fully saturated rings. The quantitative estimate of drug-likeness (QED) is 0.763. The second kappa shape index (κ2) is 6.30. The van der Waals surface area contributed by atoms with Gasteiger partial charge in [0, 0.05) is 50.0 Å². The van der Waals surface area contributed by atoms with Crippen molar-refractivity contribution in [3.8, 4) is 22.5 Å². The average Bonchev–Trinajstić information content (AvgIpc) is 3.26. The van der Waals surface area contributed by atoms with Gasteiger partial charge >= 0.3 is 0 Å². The second-order valence-electron chi connectivity index (χ2n) is 7.06. The van der Waals surface area contributed by atoms with E-state index < -0.39 is 0 Å². The number of fused-ring (bicyclic) bond motifs is 3. The zero-order valence-electron chi connectivity index (χ0n) is 15.0. The number of benzene rings is 1. The maximum absolute atomic E-state index is 5.45. The summed E-state index contributed by atoms with van der Waals surface area (Å²) in [6.45, 7) is 5.47. The van der Waals surface area contributed by atoms with Crippen molar-refractivity contribution < 1.29 is 4.74 Å². The number of hydrogen-bond donors (Lipinski definition) is 2. The minimum atomic E-state index is 0.813. The monoisotopic (exact) mass is 349 g/mol. The predicted molar refractivity (Wildman–Crippen MR) is 102 cm³/mol. The van der Waals surface area contributed by atoms with Crippen LogP contribution in [0.2, 0.25) is 0 Å². The maximum Gasteiger partial charge on any atom is 0.113 e. The number of nitrogens with zero attached hydrogens (tertiary/aromatic N) is 3. The van der Waals surface area contributed by atoms with Crippen molar-refractivity contribution >= 4 is 5.82 Å². The van der Waals surface area contributed by atoms with Gasteiger partial charge in [0.05, 0.1) is 25.1 Å². The number of morpholine rings is 1. The number of aromatic amines is 1. The summed E-state index contributed by atoms with van der Waals surface area (Å²) >= 11 is 0. The van der Waals surface area contributed by atoms with Crippen LogP contribution in [0.1, 0.15) is 11.1 Å². The van der Waals surface area contributed by atoms with E-state index in [1.54, 1.807) is 0 Å². The van der Waals surface area contributed by atoms with Crippen LogP contribution in [0.15, 0.2) is 36.5 Å². The minimum absolute atomic E-state index is 0.813. The summed E-state index contributed by atoms with van der Waals surface area (Å²) in [7, 11) is 2.00. The summed E-state index contributed by atoms with van der Waals surface area (Å²) in [4.78, 5) is 6.00. The Hall–Kier alpha value is -2.57. The highest BCUT2D eigenvalue weighted by Gasteiger charge is 2.22. The van der Waals surface area contributed by atoms with Gasteiger partial charge in [0.2, 0.25) is 0 Å². The van der Waals surface area contributed by atoms with Crippen LogP contribution in [-0.2, 0) is 24.9 Å². The summed E-state index contributed by atoms with van der Waals surface area (Å²) in [6.07, 6.45) is 1.95. The number of nitrogens with one attached hydrogen (secondary N) is 2. The van der Waals surface area contributed by atoms with Gasteiger partial charge in [0.15, 0.2) is 0 Å². The normalized spacial score (nSPS) is 16.8. The van der Waals surface area contributed by atoms with Crippen molar-refractivity contribution in [1.82, 2.24) is 19.7 Å². The van der Waals surface area contributed by atoms with E-state index in [9.17, 15) is 0 Å². The molecule has 2 aliphatic heterocycles. The average molecular weight is 349 g/mol. The van der Waals surface area contributed by atoms with Gasteiger partial charge < -0.3 is 15.0 Å². The Balaban J connectivity index is 1.45. The standard InChI is InChI=1S/C20H23N5O/c1-24-19-16(12-22-24)11-21-20-17(19)10-18(23-20)15-4-2-3-14(9-15)13-25-5-7-26-8-6-25/h2-4,9-10,12,21,23H,5-8,11,13H2,1H3. The molecule has 26 heavy (non-hydrogen) atoms. The third-order valence-electron chi connectivity index (χ3n) is 5.29. The zero-order chi connectivity index (χ0) is 17.5. The number of anilines is 1. The predicted octanol–water partition coefficient (Wildman–Crippen LogP) is 2.84. The summed E-state index contributed by atoms with van der Waals surface area (Å²) in [5.41, 5.74) is 7.33. The molecule has 2 aromatic heterocycles. The van der Waals surface area contributed by atoms with Crippen LogP contribution >= 0.6 is 0 Å². The summed E-state index contributed by atoms with van der Waals surface area (Å²) in [5.74, 6) is 1.08. The summed E-state index contributed by atoms with van der Waals surface area (Å²) in [6, 6.07) is 11.0. The van der Waals surface area contributed by atoms with Crippen LogP contribution in [0.3, 0.4) is 0 Å². The van der Waals surface area contributed by atoms with Gasteiger partial charge in [-0.25, -0.2) is 0 Å². The third-order valence-corrected chi connectivity index (χ3v) is 5.29. The molecule has 0 radical (unpaired) electrons. The van der Waals surface area contributed by atoms with Crippen molar-refractivity contribution in [1.29, 1.82) is 0 Å². The van der Waals surface area contributed by atoms with Crippen molar-refractivity contribution in [3.63, 3.8) is 0 Å². The number of ether oxygens (including phenoxy) is 1. The van der Waals surface area contributed by atoms with Crippen molar-refractivity contribution in [3.05, 3.63) is 47.7 Å². The third kappa shape index (κ3) is 2.71. The van der Waals surface area contributed by atoms with E-state index in [1.807, 2.05) is 17.9 Å². The molecule has 1 saturated heterocycles. The molecule has 6 heteroatoms. The largest absolute Gasteiger partial charge is 0.379 e. The van der Waals surface area contributed by atoms with Crippen LogP contribution in [0.4, 0.5) is 5.82 Å². The van der Waals surface area contributed by atoms with Gasteiger partial charge in [-0.1, -0.05) is 18.2 Å². The van der Waals surface area contributed by atoms with E-state index >= 15 is 0 Å². The zero-order valence-corrected chi connectivity index (χ0v) is 15.0. The van der Waals surface area contributed by atoms with Gasteiger partial charge in [-0.2, -0.15) is 5.10 Å². The smallest absolute Gasteiger partial charge is 0.113 e. The Morgan fingerprint density at radius 3 is 2.96 bits per heavy atom. The number of H-pyrrole nitrogens is 1. The number of rotatable bonds is 3. The van der Waals surface area contributed by atoms with Crippen LogP contribution in [-0.4, -0.2) is 46.0 Å². The molecule has 0 aliphatic carbocycles. The fourth-order valence-electron chi connectivity index (χ4n) is 3.93. The van der Waals surface area contributed by atoms with E-state index in [4.69, 9.17) is 4.74 Å². The number of aromatic nitrogens is 3. The Kier molecular flexibility index (Phi) is 3.80. The molecule has 134 valence electrons. The van der Waals surface area contributed by atoms with Crippen molar-refractivity contribution in [2.75, 3.05) is 31.6 Å². The first-order valence-electron chi connectivity index (χ1n) is 9.15. The molecule has 2 aliphatic rings. The molecule has 0 atom stereocenters. The lowest BCUT2D eigenvalue weighted by molar-refractivity contribution is 0.0342. The Bertz CT molecular complexity index is 936. The molecule has 6 nitrogen and oxygen atoms in total. The summed E-state index contributed by atoms with van der Waals surface area (Å²) in [5, 5.41) is 7.88. The van der Waals surface area contributed by atoms with E-state index in [-0.39, 0.29) is 0 Å². The second-order valence-corrected chi connectivity index (χ2v) is 7.06. The van der Waals surface area contributed by atoms with Gasteiger partial charge in [0.25, 0.3) is 0 Å². The SMILES string of the molecule is Cn1ncc2c1-c1cc(-c3cccc(CN4CCOCC4)c3)[nH]c1NC2. The maximum atomic E-state index is 5.45. The molecule has 3 aromatic rings. The summed E-state index contributed by atoms with van der Waals surface area (Å²) < 4.78 is 7.41. The molecule has 0 unspecified atom stereocenters. The lowest BCUT2D eigenvalue weighted by atomic mass is 10.0. The van der Waals surface area contributed by atoms with Gasteiger partial charge in [-0.05, 0) is 23.3 Å². The van der Waals surface area contributed by atoms with Crippen molar-refractivity contribution in [2.45, 2.75) is 13.1 Å².